The molecule has 0 fully saturated rings. The molecule has 0 spiro atoms. The predicted octanol–water partition coefficient (Wildman–Crippen LogP) is 6.62. The van der Waals surface area contributed by atoms with Gasteiger partial charge >= 0.3 is 5.69 Å². The first-order valence-electron chi connectivity index (χ1n) is 12.1. The largest absolute Gasteiger partial charge is 0.496 e. The number of hydrogen-bond donors (Lipinski definition) is 0. The molecular weight excluding hydrogens is 564 g/mol. The van der Waals surface area contributed by atoms with Crippen molar-refractivity contribution in [3.05, 3.63) is 103 Å². The molecular formula is C29H27BrN4O5. The molecule has 0 radical (unpaired) electrons. The molecule has 10 heteroatoms. The molecule has 0 unspecified atom stereocenters. The van der Waals surface area contributed by atoms with E-state index in [9.17, 15) is 14.9 Å². The average Bonchev–Trinajstić information content (AvgIpc) is 2.91. The standard InChI is InChI=1S/C29H27BrN4O5/c1-6-11-39-27-23(30)13-19(14-25(27)34(36)37)16-31-33-28(32-24-10-8-7-9-20(24)29(33)35)22-15-21(17(2)3)26(38-5)12-18(22)4/h6-10,12-17H,1,11H2,2-5H3. The summed E-state index contributed by atoms with van der Waals surface area (Å²) in [6.45, 7) is 9.72. The van der Waals surface area contributed by atoms with E-state index >= 15 is 0 Å². The third-order valence-electron chi connectivity index (χ3n) is 6.10. The lowest BCUT2D eigenvalue weighted by Gasteiger charge is -2.17. The maximum atomic E-state index is 13.6. The van der Waals surface area contributed by atoms with Crippen molar-refractivity contribution in [3.63, 3.8) is 0 Å². The van der Waals surface area contributed by atoms with E-state index in [1.807, 2.05) is 25.1 Å². The van der Waals surface area contributed by atoms with Gasteiger partial charge in [-0.25, -0.2) is 4.98 Å². The van der Waals surface area contributed by atoms with Gasteiger partial charge in [0.2, 0.25) is 5.75 Å². The molecule has 0 aliphatic heterocycles. The third-order valence-corrected chi connectivity index (χ3v) is 6.69. The Kier molecular flexibility index (Phi) is 8.25. The van der Waals surface area contributed by atoms with Crippen LogP contribution in [0.5, 0.6) is 11.5 Å². The summed E-state index contributed by atoms with van der Waals surface area (Å²) >= 11 is 3.35. The number of benzene rings is 3. The molecule has 1 heterocycles. The lowest BCUT2D eigenvalue weighted by atomic mass is 9.96. The summed E-state index contributed by atoms with van der Waals surface area (Å²) in [7, 11) is 1.62. The smallest absolute Gasteiger partial charge is 0.312 e. The van der Waals surface area contributed by atoms with Crippen molar-refractivity contribution in [2.24, 2.45) is 5.10 Å². The molecule has 4 aromatic rings. The van der Waals surface area contributed by atoms with Gasteiger partial charge in [-0.3, -0.25) is 14.9 Å². The normalized spacial score (nSPS) is 11.3. The van der Waals surface area contributed by atoms with Crippen LogP contribution in [0.15, 0.2) is 75.6 Å². The minimum atomic E-state index is -0.538. The predicted molar refractivity (Wildman–Crippen MR) is 156 cm³/mol. The SMILES string of the molecule is C=CCOc1c(Br)cc(C=Nn2c(-c3cc(C(C)C)c(OC)cc3C)nc3ccccc3c2=O)cc1[N+](=O)[O-]. The number of para-hydroxylation sites is 1. The number of rotatable bonds is 9. The van der Waals surface area contributed by atoms with E-state index in [0.29, 0.717) is 26.8 Å². The first kappa shape index (κ1) is 27.7. The number of methoxy groups -OCH3 is 1. The lowest BCUT2D eigenvalue weighted by Crippen LogP contribution is -2.20. The highest BCUT2D eigenvalue weighted by Gasteiger charge is 2.21. The topological polar surface area (TPSA) is 109 Å². The van der Waals surface area contributed by atoms with E-state index in [0.717, 1.165) is 22.4 Å². The molecule has 0 atom stereocenters. The summed E-state index contributed by atoms with van der Waals surface area (Å²) in [5.41, 5.74) is 2.85. The van der Waals surface area contributed by atoms with Gasteiger partial charge in [0.25, 0.3) is 5.56 Å². The van der Waals surface area contributed by atoms with Crippen molar-refractivity contribution in [2.75, 3.05) is 13.7 Å². The number of halogens is 1. The number of ether oxygens (including phenoxy) is 2. The quantitative estimate of drug-likeness (QED) is 0.0937. The highest BCUT2D eigenvalue weighted by atomic mass is 79.9. The van der Waals surface area contributed by atoms with Crippen molar-refractivity contribution in [1.82, 2.24) is 9.66 Å². The van der Waals surface area contributed by atoms with E-state index in [-0.39, 0.29) is 29.5 Å². The van der Waals surface area contributed by atoms with Crippen LogP contribution in [0.1, 0.15) is 36.5 Å². The second-order valence-corrected chi connectivity index (χ2v) is 9.94. The monoisotopic (exact) mass is 590 g/mol. The summed E-state index contributed by atoms with van der Waals surface area (Å²) in [5, 5.41) is 16.6. The zero-order valence-corrected chi connectivity index (χ0v) is 23.6. The van der Waals surface area contributed by atoms with Gasteiger partial charge in [0.1, 0.15) is 12.4 Å². The van der Waals surface area contributed by atoms with Crippen LogP contribution in [0.25, 0.3) is 22.3 Å². The Morgan fingerprint density at radius 2 is 1.97 bits per heavy atom. The Morgan fingerprint density at radius 3 is 2.64 bits per heavy atom. The van der Waals surface area contributed by atoms with Crippen LogP contribution in [0, 0.1) is 17.0 Å². The number of nitro benzene ring substituents is 1. The van der Waals surface area contributed by atoms with Crippen LogP contribution in [0.4, 0.5) is 5.69 Å². The molecule has 0 N–H and O–H groups in total. The number of nitrogens with zero attached hydrogens (tertiary/aromatic N) is 4. The molecule has 200 valence electrons. The number of hydrogen-bond acceptors (Lipinski definition) is 7. The van der Waals surface area contributed by atoms with Crippen molar-refractivity contribution >= 4 is 38.7 Å². The second kappa shape index (κ2) is 11.6. The van der Waals surface area contributed by atoms with Crippen LogP contribution < -0.4 is 15.0 Å². The fourth-order valence-electron chi connectivity index (χ4n) is 4.19. The van der Waals surface area contributed by atoms with Crippen molar-refractivity contribution in [1.29, 1.82) is 0 Å². The van der Waals surface area contributed by atoms with E-state index in [2.05, 4.69) is 41.5 Å². The van der Waals surface area contributed by atoms with Gasteiger partial charge < -0.3 is 9.47 Å². The number of aryl methyl sites for hydroxylation is 1. The number of aromatic nitrogens is 2. The fraction of sp³-hybridized carbons (Fsp3) is 0.207. The third kappa shape index (κ3) is 5.61. The highest BCUT2D eigenvalue weighted by molar-refractivity contribution is 9.10. The van der Waals surface area contributed by atoms with Crippen molar-refractivity contribution in [3.8, 4) is 22.9 Å². The summed E-state index contributed by atoms with van der Waals surface area (Å²) in [6, 6.07) is 13.9. The summed E-state index contributed by atoms with van der Waals surface area (Å²) in [4.78, 5) is 29.7. The van der Waals surface area contributed by atoms with Gasteiger partial charge in [-0.15, -0.1) is 0 Å². The van der Waals surface area contributed by atoms with Gasteiger partial charge in [0.05, 0.1) is 33.6 Å². The van der Waals surface area contributed by atoms with Crippen LogP contribution >= 0.6 is 15.9 Å². The summed E-state index contributed by atoms with van der Waals surface area (Å²) < 4.78 is 12.7. The molecule has 0 saturated heterocycles. The first-order chi connectivity index (χ1) is 18.7. The Labute approximate surface area is 233 Å². The second-order valence-electron chi connectivity index (χ2n) is 9.09. The van der Waals surface area contributed by atoms with E-state index in [4.69, 9.17) is 14.5 Å². The minimum absolute atomic E-state index is 0.0809. The Hall–Kier alpha value is -4.31. The van der Waals surface area contributed by atoms with Gasteiger partial charge in [0.15, 0.2) is 5.82 Å². The van der Waals surface area contributed by atoms with Crippen LogP contribution in [0.2, 0.25) is 0 Å². The first-order valence-corrected chi connectivity index (χ1v) is 12.9. The maximum absolute atomic E-state index is 13.6. The van der Waals surface area contributed by atoms with Crippen molar-refractivity contribution < 1.29 is 14.4 Å². The van der Waals surface area contributed by atoms with Crippen molar-refractivity contribution in [2.45, 2.75) is 26.7 Å². The van der Waals surface area contributed by atoms with Crippen LogP contribution in [-0.4, -0.2) is 34.5 Å². The Bertz CT molecular complexity index is 1680. The molecule has 0 bridgehead atoms. The zero-order chi connectivity index (χ0) is 28.3. The molecule has 3 aromatic carbocycles. The molecule has 0 saturated carbocycles. The molecule has 0 aliphatic rings. The van der Waals surface area contributed by atoms with Gasteiger partial charge in [-0.2, -0.15) is 9.78 Å². The molecule has 0 amide bonds. The average molecular weight is 591 g/mol. The number of nitro groups is 1. The molecule has 1 aromatic heterocycles. The van der Waals surface area contributed by atoms with Gasteiger partial charge in [-0.1, -0.05) is 38.6 Å². The minimum Gasteiger partial charge on any atom is -0.496 e. The summed E-state index contributed by atoms with van der Waals surface area (Å²) in [6.07, 6.45) is 2.89. The molecule has 4 rings (SSSR count). The van der Waals surface area contributed by atoms with Crippen LogP contribution in [0.3, 0.4) is 0 Å². The fourth-order valence-corrected chi connectivity index (χ4v) is 4.77. The van der Waals surface area contributed by atoms with Gasteiger partial charge in [-0.05, 0) is 70.2 Å². The van der Waals surface area contributed by atoms with Gasteiger partial charge in [0, 0.05) is 17.2 Å². The Balaban J connectivity index is 1.94. The lowest BCUT2D eigenvalue weighted by molar-refractivity contribution is -0.385. The Morgan fingerprint density at radius 1 is 1.23 bits per heavy atom. The highest BCUT2D eigenvalue weighted by Crippen LogP contribution is 2.37. The van der Waals surface area contributed by atoms with Crippen LogP contribution in [-0.2, 0) is 0 Å². The number of fused-ring (bicyclic) bond motifs is 1. The molecule has 39 heavy (non-hydrogen) atoms. The maximum Gasteiger partial charge on any atom is 0.312 e. The molecule has 0 aliphatic carbocycles. The van der Waals surface area contributed by atoms with E-state index in [1.165, 1.54) is 23.0 Å². The zero-order valence-electron chi connectivity index (χ0n) is 22.0. The van der Waals surface area contributed by atoms with E-state index < -0.39 is 4.92 Å². The van der Waals surface area contributed by atoms with E-state index in [1.54, 1.807) is 31.4 Å². The molecule has 9 nitrogen and oxygen atoms in total. The summed E-state index contributed by atoms with van der Waals surface area (Å²) in [5.74, 6) is 1.33.